The Morgan fingerprint density at radius 2 is 1.75 bits per heavy atom. The van der Waals surface area contributed by atoms with Gasteiger partial charge in [0.1, 0.15) is 11.4 Å². The SMILES string of the molecule is CCC1(Oc2cc(C(=O)O)ccc2C(F)(F)F)CCCCCCC1. The van der Waals surface area contributed by atoms with E-state index in [0.29, 0.717) is 19.3 Å². The minimum Gasteiger partial charge on any atom is -0.487 e. The first kappa shape index (κ1) is 18.6. The van der Waals surface area contributed by atoms with Crippen LogP contribution in [0.25, 0.3) is 0 Å². The van der Waals surface area contributed by atoms with Crippen molar-refractivity contribution in [2.75, 3.05) is 0 Å². The fourth-order valence-electron chi connectivity index (χ4n) is 3.28. The molecule has 3 nitrogen and oxygen atoms in total. The van der Waals surface area contributed by atoms with Crippen LogP contribution in [0.5, 0.6) is 5.75 Å². The first-order valence-electron chi connectivity index (χ1n) is 8.41. The minimum absolute atomic E-state index is 0.199. The van der Waals surface area contributed by atoms with Crippen LogP contribution in [-0.2, 0) is 6.18 Å². The van der Waals surface area contributed by atoms with E-state index >= 15 is 0 Å². The molecule has 0 amide bonds. The highest BCUT2D eigenvalue weighted by Crippen LogP contribution is 2.41. The zero-order chi connectivity index (χ0) is 17.8. The van der Waals surface area contributed by atoms with E-state index in [4.69, 9.17) is 9.84 Å². The topological polar surface area (TPSA) is 46.5 Å². The number of rotatable bonds is 4. The van der Waals surface area contributed by atoms with Gasteiger partial charge >= 0.3 is 12.1 Å². The lowest BCUT2D eigenvalue weighted by Gasteiger charge is -2.36. The molecule has 0 bridgehead atoms. The van der Waals surface area contributed by atoms with E-state index in [1.165, 1.54) is 0 Å². The van der Waals surface area contributed by atoms with Crippen LogP contribution in [0.3, 0.4) is 0 Å². The molecular formula is C18H23F3O3. The van der Waals surface area contributed by atoms with Crippen molar-refractivity contribution in [1.82, 2.24) is 0 Å². The van der Waals surface area contributed by atoms with Crippen molar-refractivity contribution < 1.29 is 27.8 Å². The minimum atomic E-state index is -4.58. The van der Waals surface area contributed by atoms with E-state index < -0.39 is 23.3 Å². The summed E-state index contributed by atoms with van der Waals surface area (Å²) in [5.41, 5.74) is -1.77. The van der Waals surface area contributed by atoms with Crippen molar-refractivity contribution in [3.63, 3.8) is 0 Å². The number of hydrogen-bond acceptors (Lipinski definition) is 2. The van der Waals surface area contributed by atoms with Crippen LogP contribution >= 0.6 is 0 Å². The lowest BCUT2D eigenvalue weighted by atomic mass is 9.84. The monoisotopic (exact) mass is 344 g/mol. The lowest BCUT2D eigenvalue weighted by molar-refractivity contribution is -0.140. The van der Waals surface area contributed by atoms with Crippen molar-refractivity contribution in [3.05, 3.63) is 29.3 Å². The van der Waals surface area contributed by atoms with Crippen molar-refractivity contribution in [1.29, 1.82) is 0 Å². The average molecular weight is 344 g/mol. The number of hydrogen-bond donors (Lipinski definition) is 1. The van der Waals surface area contributed by atoms with Crippen LogP contribution in [0.15, 0.2) is 18.2 Å². The van der Waals surface area contributed by atoms with Gasteiger partial charge < -0.3 is 9.84 Å². The molecule has 0 unspecified atom stereocenters. The summed E-state index contributed by atoms with van der Waals surface area (Å²) in [7, 11) is 0. The van der Waals surface area contributed by atoms with Gasteiger partial charge in [-0.15, -0.1) is 0 Å². The molecule has 0 spiro atoms. The quantitative estimate of drug-likeness (QED) is 0.765. The predicted molar refractivity (Wildman–Crippen MR) is 84.4 cm³/mol. The molecule has 0 radical (unpaired) electrons. The summed E-state index contributed by atoms with van der Waals surface area (Å²) in [5, 5.41) is 9.08. The summed E-state index contributed by atoms with van der Waals surface area (Å²) in [6, 6.07) is 2.77. The van der Waals surface area contributed by atoms with E-state index in [1.54, 1.807) is 0 Å². The maximum Gasteiger partial charge on any atom is 0.419 e. The molecule has 1 N–H and O–H groups in total. The maximum atomic E-state index is 13.3. The summed E-state index contributed by atoms with van der Waals surface area (Å²) in [6.07, 6.45) is 2.46. The van der Waals surface area contributed by atoms with Gasteiger partial charge in [0.2, 0.25) is 0 Å². The van der Waals surface area contributed by atoms with Crippen LogP contribution in [-0.4, -0.2) is 16.7 Å². The van der Waals surface area contributed by atoms with E-state index in [9.17, 15) is 18.0 Å². The van der Waals surface area contributed by atoms with E-state index in [-0.39, 0.29) is 11.3 Å². The number of ether oxygens (including phenoxy) is 1. The van der Waals surface area contributed by atoms with Gasteiger partial charge in [-0.25, -0.2) is 4.79 Å². The third-order valence-electron chi connectivity index (χ3n) is 4.77. The highest BCUT2D eigenvalue weighted by atomic mass is 19.4. The number of halogens is 3. The van der Waals surface area contributed by atoms with Crippen molar-refractivity contribution in [2.24, 2.45) is 0 Å². The van der Waals surface area contributed by atoms with Crippen LogP contribution in [0.2, 0.25) is 0 Å². The first-order chi connectivity index (χ1) is 11.3. The lowest BCUT2D eigenvalue weighted by Crippen LogP contribution is -2.36. The average Bonchev–Trinajstić information content (AvgIpc) is 2.49. The standard InChI is InChI=1S/C18H23F3O3/c1-2-17(10-6-4-3-5-7-11-17)24-15-12-13(16(22)23)8-9-14(15)18(19,20)21/h8-9,12H,2-7,10-11H2,1H3,(H,22,23). The molecule has 0 aliphatic heterocycles. The maximum absolute atomic E-state index is 13.3. The largest absolute Gasteiger partial charge is 0.487 e. The first-order valence-corrected chi connectivity index (χ1v) is 8.41. The zero-order valence-electron chi connectivity index (χ0n) is 13.8. The van der Waals surface area contributed by atoms with Crippen LogP contribution in [0, 0.1) is 0 Å². The smallest absolute Gasteiger partial charge is 0.419 e. The molecule has 0 saturated heterocycles. The Morgan fingerprint density at radius 3 is 2.25 bits per heavy atom. The van der Waals surface area contributed by atoms with Crippen molar-refractivity contribution in [3.8, 4) is 5.75 Å². The molecule has 1 aliphatic rings. The normalized spacial score (nSPS) is 18.5. The number of carboxylic acid groups (broad SMARTS) is 1. The number of benzene rings is 1. The Labute approximate surface area is 139 Å². The second kappa shape index (κ2) is 7.45. The third kappa shape index (κ3) is 4.42. The number of carbonyl (C=O) groups is 1. The fourth-order valence-corrected chi connectivity index (χ4v) is 3.28. The Bertz CT molecular complexity index is 573. The predicted octanol–water partition coefficient (Wildman–Crippen LogP) is 5.68. The summed E-state index contributed by atoms with van der Waals surface area (Å²) in [6.45, 7) is 1.91. The summed E-state index contributed by atoms with van der Waals surface area (Å²) < 4.78 is 45.7. The summed E-state index contributed by atoms with van der Waals surface area (Å²) in [5.74, 6) is -1.64. The van der Waals surface area contributed by atoms with Crippen molar-refractivity contribution in [2.45, 2.75) is 70.1 Å². The van der Waals surface area contributed by atoms with Crippen LogP contribution in [0.4, 0.5) is 13.2 Å². The molecule has 0 heterocycles. The van der Waals surface area contributed by atoms with E-state index in [1.807, 2.05) is 6.92 Å². The van der Waals surface area contributed by atoms with Crippen LogP contribution < -0.4 is 4.74 Å². The van der Waals surface area contributed by atoms with Gasteiger partial charge in [-0.1, -0.05) is 26.2 Å². The van der Waals surface area contributed by atoms with Gasteiger partial charge in [-0.2, -0.15) is 13.2 Å². The van der Waals surface area contributed by atoms with Gasteiger partial charge in [-0.3, -0.25) is 0 Å². The second-order valence-electron chi connectivity index (χ2n) is 6.42. The molecule has 134 valence electrons. The zero-order valence-corrected chi connectivity index (χ0v) is 13.8. The number of alkyl halides is 3. The molecule has 0 aromatic heterocycles. The second-order valence-corrected chi connectivity index (χ2v) is 6.42. The van der Waals surface area contributed by atoms with Gasteiger partial charge in [0.05, 0.1) is 11.1 Å². The molecule has 0 atom stereocenters. The molecular weight excluding hydrogens is 321 g/mol. The molecule has 1 aromatic rings. The van der Waals surface area contributed by atoms with E-state index in [0.717, 1.165) is 50.3 Å². The van der Waals surface area contributed by atoms with Gasteiger partial charge in [0.15, 0.2) is 0 Å². The molecule has 1 saturated carbocycles. The van der Waals surface area contributed by atoms with E-state index in [2.05, 4.69) is 0 Å². The van der Waals surface area contributed by atoms with Crippen molar-refractivity contribution >= 4 is 5.97 Å². The highest BCUT2D eigenvalue weighted by Gasteiger charge is 2.38. The third-order valence-corrected chi connectivity index (χ3v) is 4.77. The number of carboxylic acids is 1. The molecule has 1 aliphatic carbocycles. The van der Waals surface area contributed by atoms with Gasteiger partial charge in [0.25, 0.3) is 0 Å². The summed E-state index contributed by atoms with van der Waals surface area (Å²) >= 11 is 0. The Balaban J connectivity index is 2.40. The molecule has 1 fully saturated rings. The van der Waals surface area contributed by atoms with Gasteiger partial charge in [-0.05, 0) is 50.3 Å². The molecule has 2 rings (SSSR count). The Kier molecular flexibility index (Phi) is 5.78. The Morgan fingerprint density at radius 1 is 1.17 bits per heavy atom. The number of aromatic carboxylic acids is 1. The molecule has 24 heavy (non-hydrogen) atoms. The van der Waals surface area contributed by atoms with Gasteiger partial charge in [0, 0.05) is 0 Å². The van der Waals surface area contributed by atoms with Crippen LogP contribution in [0.1, 0.15) is 74.2 Å². The summed E-state index contributed by atoms with van der Waals surface area (Å²) in [4.78, 5) is 11.1. The molecule has 1 aromatic carbocycles. The molecule has 6 heteroatoms. The Hall–Kier alpha value is -1.72. The highest BCUT2D eigenvalue weighted by molar-refractivity contribution is 5.88. The fraction of sp³-hybridized carbons (Fsp3) is 0.611.